The fraction of sp³-hybridized carbons (Fsp3) is 0.111. The van der Waals surface area contributed by atoms with Gasteiger partial charge in [-0.05, 0) is 23.8 Å². The van der Waals surface area contributed by atoms with Crippen LogP contribution in [-0.2, 0) is 19.1 Å². The van der Waals surface area contributed by atoms with Crippen LogP contribution < -0.4 is 16.2 Å². The summed E-state index contributed by atoms with van der Waals surface area (Å²) in [6.07, 6.45) is 2.72. The van der Waals surface area contributed by atoms with Crippen LogP contribution in [0, 0.1) is 0 Å². The Morgan fingerprint density at radius 3 is 2.41 bits per heavy atom. The Morgan fingerprint density at radius 2 is 1.78 bits per heavy atom. The van der Waals surface area contributed by atoms with E-state index in [1.54, 1.807) is 30.3 Å². The van der Waals surface area contributed by atoms with Crippen LogP contribution in [0.1, 0.15) is 23.0 Å². The SMILES string of the molecule is CC(=O)N/C(=C\c1ccccc1)C(=O)OCC(=O)NNC(=O)c1ccco1. The normalized spacial score (nSPS) is 10.6. The van der Waals surface area contributed by atoms with Gasteiger partial charge in [0.2, 0.25) is 5.91 Å². The molecular formula is C18H17N3O6. The molecule has 9 heteroatoms. The van der Waals surface area contributed by atoms with Gasteiger partial charge in [0.25, 0.3) is 5.91 Å². The first-order valence-corrected chi connectivity index (χ1v) is 7.80. The lowest BCUT2D eigenvalue weighted by Crippen LogP contribution is -2.43. The van der Waals surface area contributed by atoms with Crippen molar-refractivity contribution in [2.24, 2.45) is 0 Å². The number of hydrazine groups is 1. The summed E-state index contributed by atoms with van der Waals surface area (Å²) in [5.41, 5.74) is 4.71. The highest BCUT2D eigenvalue weighted by Crippen LogP contribution is 2.06. The molecular weight excluding hydrogens is 354 g/mol. The first kappa shape index (κ1) is 19.4. The van der Waals surface area contributed by atoms with Crippen molar-refractivity contribution in [3.05, 3.63) is 65.7 Å². The van der Waals surface area contributed by atoms with Crippen LogP contribution in [0.25, 0.3) is 6.08 Å². The van der Waals surface area contributed by atoms with E-state index >= 15 is 0 Å². The molecule has 0 bridgehead atoms. The number of amides is 3. The minimum atomic E-state index is -0.901. The number of carbonyl (C=O) groups is 4. The van der Waals surface area contributed by atoms with Gasteiger partial charge in [0.1, 0.15) is 5.70 Å². The van der Waals surface area contributed by atoms with Gasteiger partial charge in [0, 0.05) is 6.92 Å². The van der Waals surface area contributed by atoms with Crippen molar-refractivity contribution in [1.29, 1.82) is 0 Å². The highest BCUT2D eigenvalue weighted by molar-refractivity contribution is 5.98. The number of carbonyl (C=O) groups excluding carboxylic acids is 4. The van der Waals surface area contributed by atoms with Gasteiger partial charge in [-0.1, -0.05) is 30.3 Å². The summed E-state index contributed by atoms with van der Waals surface area (Å²) in [6, 6.07) is 11.7. The van der Waals surface area contributed by atoms with Crippen LogP contribution in [0.2, 0.25) is 0 Å². The van der Waals surface area contributed by atoms with Gasteiger partial charge in [-0.3, -0.25) is 25.2 Å². The predicted molar refractivity (Wildman–Crippen MR) is 93.5 cm³/mol. The zero-order valence-corrected chi connectivity index (χ0v) is 14.4. The van der Waals surface area contributed by atoms with Crippen LogP contribution in [-0.4, -0.2) is 30.3 Å². The minimum absolute atomic E-state index is 0.00559. The summed E-state index contributed by atoms with van der Waals surface area (Å²) in [4.78, 5) is 46.7. The van der Waals surface area contributed by atoms with E-state index in [1.165, 1.54) is 31.4 Å². The molecule has 3 amide bonds. The number of benzene rings is 1. The summed E-state index contributed by atoms with van der Waals surface area (Å²) >= 11 is 0. The van der Waals surface area contributed by atoms with E-state index in [2.05, 4.69) is 16.2 Å². The number of hydrogen-bond donors (Lipinski definition) is 3. The Bertz CT molecular complexity index is 843. The molecule has 0 unspecified atom stereocenters. The number of esters is 1. The second-order valence-corrected chi connectivity index (χ2v) is 5.21. The number of furan rings is 1. The van der Waals surface area contributed by atoms with Crippen molar-refractivity contribution in [2.45, 2.75) is 6.92 Å². The highest BCUT2D eigenvalue weighted by Gasteiger charge is 2.15. The summed E-state index contributed by atoms with van der Waals surface area (Å²) in [6.45, 7) is 0.575. The molecule has 9 nitrogen and oxygen atoms in total. The van der Waals surface area contributed by atoms with Crippen molar-refractivity contribution in [3.63, 3.8) is 0 Å². The van der Waals surface area contributed by atoms with Gasteiger partial charge in [0.05, 0.1) is 6.26 Å². The molecule has 140 valence electrons. The Kier molecular flexibility index (Phi) is 6.89. The molecule has 0 saturated heterocycles. The topological polar surface area (TPSA) is 127 Å². The van der Waals surface area contributed by atoms with Crippen molar-refractivity contribution in [1.82, 2.24) is 16.2 Å². The molecule has 0 spiro atoms. The minimum Gasteiger partial charge on any atom is -0.459 e. The molecule has 1 aromatic carbocycles. The molecule has 0 aliphatic rings. The van der Waals surface area contributed by atoms with Crippen LogP contribution in [0.15, 0.2) is 58.8 Å². The van der Waals surface area contributed by atoms with Crippen molar-refractivity contribution in [2.75, 3.05) is 6.61 Å². The molecule has 0 saturated carbocycles. The second kappa shape index (κ2) is 9.56. The fourth-order valence-corrected chi connectivity index (χ4v) is 1.89. The zero-order valence-electron chi connectivity index (χ0n) is 14.4. The van der Waals surface area contributed by atoms with E-state index in [4.69, 9.17) is 9.15 Å². The van der Waals surface area contributed by atoms with E-state index in [0.29, 0.717) is 5.56 Å². The number of nitrogens with one attached hydrogen (secondary N) is 3. The van der Waals surface area contributed by atoms with Crippen LogP contribution in [0.4, 0.5) is 0 Å². The third-order valence-corrected chi connectivity index (χ3v) is 3.04. The maximum atomic E-state index is 12.1. The van der Waals surface area contributed by atoms with Gasteiger partial charge in [-0.15, -0.1) is 0 Å². The largest absolute Gasteiger partial charge is 0.459 e. The molecule has 0 fully saturated rings. The van der Waals surface area contributed by atoms with E-state index in [-0.39, 0.29) is 11.5 Å². The quantitative estimate of drug-likeness (QED) is 0.391. The van der Waals surface area contributed by atoms with Gasteiger partial charge in [-0.2, -0.15) is 0 Å². The van der Waals surface area contributed by atoms with Crippen LogP contribution >= 0.6 is 0 Å². The van der Waals surface area contributed by atoms with Gasteiger partial charge in [-0.25, -0.2) is 4.79 Å². The standard InChI is InChI=1S/C18H17N3O6/c1-12(22)19-14(10-13-6-3-2-4-7-13)18(25)27-11-16(23)20-21-17(24)15-8-5-9-26-15/h2-10H,11H2,1H3,(H,19,22)(H,20,23)(H,21,24)/b14-10-. The Hall–Kier alpha value is -3.88. The van der Waals surface area contributed by atoms with Gasteiger partial charge in [0.15, 0.2) is 12.4 Å². The summed E-state index contributed by atoms with van der Waals surface area (Å²) < 4.78 is 9.71. The Balaban J connectivity index is 1.89. The number of rotatable bonds is 6. The molecule has 1 heterocycles. The summed E-state index contributed by atoms with van der Waals surface area (Å²) in [5.74, 6) is -2.80. The molecule has 27 heavy (non-hydrogen) atoms. The Labute approximate surface area is 154 Å². The lowest BCUT2D eigenvalue weighted by Gasteiger charge is -2.10. The van der Waals surface area contributed by atoms with E-state index < -0.39 is 30.3 Å². The van der Waals surface area contributed by atoms with Gasteiger partial charge < -0.3 is 14.5 Å². The average Bonchev–Trinajstić information content (AvgIpc) is 3.19. The monoisotopic (exact) mass is 371 g/mol. The third-order valence-electron chi connectivity index (χ3n) is 3.04. The van der Waals surface area contributed by atoms with Gasteiger partial charge >= 0.3 is 11.9 Å². The predicted octanol–water partition coefficient (Wildman–Crippen LogP) is 0.761. The highest BCUT2D eigenvalue weighted by atomic mass is 16.5. The van der Waals surface area contributed by atoms with Crippen molar-refractivity contribution in [3.8, 4) is 0 Å². The first-order chi connectivity index (χ1) is 13.0. The molecule has 3 N–H and O–H groups in total. The average molecular weight is 371 g/mol. The van der Waals surface area contributed by atoms with Crippen LogP contribution in [0.3, 0.4) is 0 Å². The van der Waals surface area contributed by atoms with E-state index in [1.807, 2.05) is 0 Å². The second-order valence-electron chi connectivity index (χ2n) is 5.21. The zero-order chi connectivity index (χ0) is 19.6. The smallest absolute Gasteiger partial charge is 0.355 e. The van der Waals surface area contributed by atoms with E-state index in [9.17, 15) is 19.2 Å². The third kappa shape index (κ3) is 6.50. The first-order valence-electron chi connectivity index (χ1n) is 7.80. The summed E-state index contributed by atoms with van der Waals surface area (Å²) in [5, 5.41) is 2.35. The summed E-state index contributed by atoms with van der Waals surface area (Å²) in [7, 11) is 0. The molecule has 2 rings (SSSR count). The maximum absolute atomic E-state index is 12.1. The molecule has 2 aromatic rings. The maximum Gasteiger partial charge on any atom is 0.355 e. The molecule has 0 aliphatic heterocycles. The molecule has 0 aliphatic carbocycles. The molecule has 0 radical (unpaired) electrons. The number of hydrogen-bond acceptors (Lipinski definition) is 6. The van der Waals surface area contributed by atoms with Crippen LogP contribution in [0.5, 0.6) is 0 Å². The molecule has 0 atom stereocenters. The number of ether oxygens (including phenoxy) is 1. The lowest BCUT2D eigenvalue weighted by atomic mass is 10.2. The molecule has 1 aromatic heterocycles. The van der Waals surface area contributed by atoms with E-state index in [0.717, 1.165) is 0 Å². The van der Waals surface area contributed by atoms with Crippen molar-refractivity contribution >= 4 is 29.8 Å². The van der Waals surface area contributed by atoms with Crippen molar-refractivity contribution < 1.29 is 28.3 Å². The fourth-order valence-electron chi connectivity index (χ4n) is 1.89. The Morgan fingerprint density at radius 1 is 1.04 bits per heavy atom. The lowest BCUT2D eigenvalue weighted by molar-refractivity contribution is -0.145.